The number of anilines is 2. The summed E-state index contributed by atoms with van der Waals surface area (Å²) in [6.45, 7) is 0. The van der Waals surface area contributed by atoms with Gasteiger partial charge in [0.25, 0.3) is 0 Å². The first kappa shape index (κ1) is 18.5. The lowest BCUT2D eigenvalue weighted by atomic mass is 10.0. The number of phenols is 1. The predicted octanol–water partition coefficient (Wildman–Crippen LogP) is 4.02. The van der Waals surface area contributed by atoms with Gasteiger partial charge in [-0.1, -0.05) is 11.3 Å². The molecule has 8 nitrogen and oxygen atoms in total. The van der Waals surface area contributed by atoms with Crippen LogP contribution in [-0.4, -0.2) is 39.1 Å². The van der Waals surface area contributed by atoms with E-state index in [1.54, 1.807) is 36.4 Å². The van der Waals surface area contributed by atoms with Crippen LogP contribution in [0.25, 0.3) is 11.6 Å². The minimum absolute atomic E-state index is 0.117. The number of carbonyl (C=O) groups is 1. The standard InChI is InChI=1S/C20H15N3O5S/c1-28-12-6-7-15-13(8-12)14(17(22-15)19(26)27)9-16-18(25)23-20(29-16)21-10-2-4-11(24)5-3-10/h2-9,24-25H,1H3,(H,21,23)(H,26,27)/b14-9+. The largest absolute Gasteiger partial charge is 0.508 e. The van der Waals surface area contributed by atoms with Gasteiger partial charge in [-0.15, -0.1) is 0 Å². The summed E-state index contributed by atoms with van der Waals surface area (Å²) in [5.74, 6) is -0.693. The number of fused-ring (bicyclic) bond motifs is 1. The first-order chi connectivity index (χ1) is 13.9. The Kier molecular flexibility index (Phi) is 4.65. The van der Waals surface area contributed by atoms with Gasteiger partial charge in [0.2, 0.25) is 5.88 Å². The Bertz CT molecular complexity index is 1170. The van der Waals surface area contributed by atoms with Crippen molar-refractivity contribution >= 4 is 51.2 Å². The van der Waals surface area contributed by atoms with E-state index in [1.165, 1.54) is 19.2 Å². The third-order valence-electron chi connectivity index (χ3n) is 4.21. The van der Waals surface area contributed by atoms with Crippen molar-refractivity contribution in [2.24, 2.45) is 4.99 Å². The molecule has 0 unspecified atom stereocenters. The number of aromatic nitrogens is 1. The SMILES string of the molecule is COc1ccc2c(c1)/C(=C\c1sc(Nc3ccc(O)cc3)nc1O)C(C(=O)O)=N2. The molecule has 29 heavy (non-hydrogen) atoms. The number of hydrogen-bond acceptors (Lipinski definition) is 8. The Balaban J connectivity index is 1.71. The Labute approximate surface area is 169 Å². The summed E-state index contributed by atoms with van der Waals surface area (Å²) in [4.78, 5) is 20.3. The summed E-state index contributed by atoms with van der Waals surface area (Å²) in [5, 5.41) is 32.6. The molecule has 1 aromatic heterocycles. The summed E-state index contributed by atoms with van der Waals surface area (Å²) in [7, 11) is 1.52. The van der Waals surface area contributed by atoms with Crippen LogP contribution in [0.4, 0.5) is 16.5 Å². The lowest BCUT2D eigenvalue weighted by Crippen LogP contribution is -2.11. The second-order valence-corrected chi connectivity index (χ2v) is 7.12. The van der Waals surface area contributed by atoms with E-state index in [1.807, 2.05) is 0 Å². The number of benzene rings is 2. The van der Waals surface area contributed by atoms with Crippen molar-refractivity contribution in [3.8, 4) is 17.4 Å². The number of phenolic OH excluding ortho intramolecular Hbond substituents is 1. The maximum Gasteiger partial charge on any atom is 0.355 e. The van der Waals surface area contributed by atoms with Gasteiger partial charge in [-0.3, -0.25) is 0 Å². The summed E-state index contributed by atoms with van der Waals surface area (Å²) >= 11 is 1.15. The van der Waals surface area contributed by atoms with Crippen molar-refractivity contribution in [1.29, 1.82) is 0 Å². The molecule has 2 aromatic carbocycles. The molecule has 1 aliphatic heterocycles. The second kappa shape index (κ2) is 7.28. The average Bonchev–Trinajstić information content (AvgIpc) is 3.24. The molecule has 0 bridgehead atoms. The number of nitrogens with one attached hydrogen (secondary N) is 1. The number of carboxylic acids is 1. The number of hydrogen-bond donors (Lipinski definition) is 4. The van der Waals surface area contributed by atoms with Crippen LogP contribution in [0.15, 0.2) is 47.5 Å². The normalized spacial score (nSPS) is 13.8. The van der Waals surface area contributed by atoms with Crippen molar-refractivity contribution < 1.29 is 24.9 Å². The number of rotatable bonds is 5. The van der Waals surface area contributed by atoms with Gasteiger partial charge in [-0.2, -0.15) is 4.98 Å². The zero-order valence-electron chi connectivity index (χ0n) is 15.1. The lowest BCUT2D eigenvalue weighted by Gasteiger charge is -2.04. The quantitative estimate of drug-likeness (QED) is 0.469. The van der Waals surface area contributed by atoms with Crippen LogP contribution in [-0.2, 0) is 4.79 Å². The van der Waals surface area contributed by atoms with Gasteiger partial charge in [0.05, 0.1) is 17.7 Å². The highest BCUT2D eigenvalue weighted by atomic mass is 32.1. The first-order valence-electron chi connectivity index (χ1n) is 8.43. The first-order valence-corrected chi connectivity index (χ1v) is 9.24. The third-order valence-corrected chi connectivity index (χ3v) is 5.12. The minimum atomic E-state index is -1.17. The molecule has 2 heterocycles. The number of thiazole rings is 1. The van der Waals surface area contributed by atoms with E-state index in [0.717, 1.165) is 11.3 Å². The highest BCUT2D eigenvalue weighted by Crippen LogP contribution is 2.41. The molecule has 0 aliphatic carbocycles. The van der Waals surface area contributed by atoms with Crippen LogP contribution in [0.3, 0.4) is 0 Å². The topological polar surface area (TPSA) is 124 Å². The van der Waals surface area contributed by atoms with Crippen molar-refractivity contribution in [2.75, 3.05) is 12.4 Å². The van der Waals surface area contributed by atoms with E-state index >= 15 is 0 Å². The number of methoxy groups -OCH3 is 1. The number of aliphatic imine (C=N–C) groups is 1. The number of aromatic hydroxyl groups is 2. The maximum absolute atomic E-state index is 11.7. The van der Waals surface area contributed by atoms with Crippen LogP contribution in [0.5, 0.6) is 17.4 Å². The summed E-state index contributed by atoms with van der Waals surface area (Å²) in [5.41, 5.74) is 2.04. The Morgan fingerprint density at radius 2 is 1.93 bits per heavy atom. The molecule has 0 saturated heterocycles. The molecule has 1 aliphatic rings. The van der Waals surface area contributed by atoms with E-state index in [2.05, 4.69) is 15.3 Å². The molecule has 4 rings (SSSR count). The molecule has 0 fully saturated rings. The van der Waals surface area contributed by atoms with Gasteiger partial charge in [0.1, 0.15) is 11.5 Å². The molecule has 0 amide bonds. The molecule has 0 atom stereocenters. The second-order valence-electron chi connectivity index (χ2n) is 6.09. The molecule has 0 radical (unpaired) electrons. The Morgan fingerprint density at radius 3 is 2.62 bits per heavy atom. The molecular weight excluding hydrogens is 394 g/mol. The number of carboxylic acid groups (broad SMARTS) is 1. The number of nitrogens with zero attached hydrogens (tertiary/aromatic N) is 2. The van der Waals surface area contributed by atoms with Gasteiger partial charge in [-0.05, 0) is 48.5 Å². The van der Waals surface area contributed by atoms with Crippen LogP contribution >= 0.6 is 11.3 Å². The fourth-order valence-corrected chi connectivity index (χ4v) is 3.67. The predicted molar refractivity (Wildman–Crippen MR) is 111 cm³/mol. The van der Waals surface area contributed by atoms with E-state index in [9.17, 15) is 20.1 Å². The minimum Gasteiger partial charge on any atom is -0.508 e. The molecule has 0 saturated carbocycles. The smallest absolute Gasteiger partial charge is 0.355 e. The highest BCUT2D eigenvalue weighted by molar-refractivity contribution is 7.16. The summed E-state index contributed by atoms with van der Waals surface area (Å²) in [6, 6.07) is 11.5. The molecule has 4 N–H and O–H groups in total. The maximum atomic E-state index is 11.7. The van der Waals surface area contributed by atoms with Crippen LogP contribution in [0, 0.1) is 0 Å². The van der Waals surface area contributed by atoms with E-state index in [-0.39, 0.29) is 17.3 Å². The van der Waals surface area contributed by atoms with Crippen LogP contribution < -0.4 is 10.1 Å². The van der Waals surface area contributed by atoms with Crippen molar-refractivity contribution in [1.82, 2.24) is 4.98 Å². The van der Waals surface area contributed by atoms with Gasteiger partial charge < -0.3 is 25.4 Å². The molecule has 3 aromatic rings. The number of aliphatic carboxylic acids is 1. The fraction of sp³-hybridized carbons (Fsp3) is 0.0500. The third kappa shape index (κ3) is 3.63. The number of ether oxygens (including phenoxy) is 1. The van der Waals surface area contributed by atoms with Gasteiger partial charge >= 0.3 is 5.97 Å². The zero-order valence-corrected chi connectivity index (χ0v) is 15.9. The van der Waals surface area contributed by atoms with E-state index in [4.69, 9.17) is 4.74 Å². The van der Waals surface area contributed by atoms with Crippen LogP contribution in [0.1, 0.15) is 10.4 Å². The lowest BCUT2D eigenvalue weighted by molar-refractivity contribution is -0.129. The van der Waals surface area contributed by atoms with E-state index < -0.39 is 5.97 Å². The van der Waals surface area contributed by atoms with E-state index in [0.29, 0.717) is 38.3 Å². The zero-order chi connectivity index (χ0) is 20.5. The fourth-order valence-electron chi connectivity index (χ4n) is 2.84. The Morgan fingerprint density at radius 1 is 1.17 bits per heavy atom. The highest BCUT2D eigenvalue weighted by Gasteiger charge is 2.27. The molecule has 9 heteroatoms. The van der Waals surface area contributed by atoms with Gasteiger partial charge in [0, 0.05) is 16.8 Å². The van der Waals surface area contributed by atoms with Crippen molar-refractivity contribution in [3.05, 3.63) is 52.9 Å². The summed E-state index contributed by atoms with van der Waals surface area (Å²) < 4.78 is 5.22. The van der Waals surface area contributed by atoms with Gasteiger partial charge in [0.15, 0.2) is 10.8 Å². The Hall–Kier alpha value is -3.85. The van der Waals surface area contributed by atoms with Crippen LogP contribution in [0.2, 0.25) is 0 Å². The molecule has 146 valence electrons. The molecule has 0 spiro atoms. The average molecular weight is 409 g/mol. The van der Waals surface area contributed by atoms with Crippen molar-refractivity contribution in [3.63, 3.8) is 0 Å². The van der Waals surface area contributed by atoms with Crippen molar-refractivity contribution in [2.45, 2.75) is 0 Å². The monoisotopic (exact) mass is 409 g/mol. The molecular formula is C20H15N3O5S. The summed E-state index contributed by atoms with van der Waals surface area (Å²) in [6.07, 6.45) is 1.55. The van der Waals surface area contributed by atoms with Gasteiger partial charge in [-0.25, -0.2) is 9.79 Å².